The lowest BCUT2D eigenvalue weighted by Gasteiger charge is -2.15. The van der Waals surface area contributed by atoms with Gasteiger partial charge in [0.15, 0.2) is 0 Å². The van der Waals surface area contributed by atoms with Crippen molar-refractivity contribution in [1.29, 1.82) is 0 Å². The first-order valence-electron chi connectivity index (χ1n) is 6.42. The first-order valence-corrected chi connectivity index (χ1v) is 6.42. The molecule has 1 aliphatic rings. The van der Waals surface area contributed by atoms with Gasteiger partial charge in [0.05, 0.1) is 6.61 Å². The fraction of sp³-hybridized carbons (Fsp3) is 0.571. The molecule has 0 spiro atoms. The van der Waals surface area contributed by atoms with Crippen molar-refractivity contribution in [3.05, 3.63) is 29.3 Å². The number of ether oxygens (including phenoxy) is 1. The summed E-state index contributed by atoms with van der Waals surface area (Å²) in [5, 5.41) is 12.4. The zero-order valence-electron chi connectivity index (χ0n) is 10.4. The molecule has 2 rings (SSSR count). The molecule has 1 aliphatic heterocycles. The summed E-state index contributed by atoms with van der Waals surface area (Å²) in [6.07, 6.45) is 2.90. The fourth-order valence-corrected chi connectivity index (χ4v) is 2.22. The first-order chi connectivity index (χ1) is 8.33. The summed E-state index contributed by atoms with van der Waals surface area (Å²) < 4.78 is 5.49. The number of nitrogens with one attached hydrogen (secondary N) is 1. The van der Waals surface area contributed by atoms with Crippen molar-refractivity contribution < 1.29 is 9.84 Å². The predicted molar refractivity (Wildman–Crippen MR) is 68.3 cm³/mol. The lowest BCUT2D eigenvalue weighted by molar-refractivity contribution is 0.262. The molecular formula is C14H21NO2. The van der Waals surface area contributed by atoms with E-state index in [0.717, 1.165) is 38.2 Å². The molecule has 1 atom stereocenters. The number of hydrogen-bond donors (Lipinski definition) is 2. The van der Waals surface area contributed by atoms with Crippen LogP contribution in [0.2, 0.25) is 0 Å². The van der Waals surface area contributed by atoms with E-state index in [0.29, 0.717) is 6.04 Å². The van der Waals surface area contributed by atoms with Gasteiger partial charge in [-0.05, 0) is 30.0 Å². The fourth-order valence-electron chi connectivity index (χ4n) is 2.22. The Hall–Kier alpha value is -1.06. The summed E-state index contributed by atoms with van der Waals surface area (Å²) in [7, 11) is 0. The number of fused-ring (bicyclic) bond motifs is 1. The maximum absolute atomic E-state index is 8.94. The molecule has 0 saturated carbocycles. The van der Waals surface area contributed by atoms with Gasteiger partial charge in [0, 0.05) is 25.6 Å². The summed E-state index contributed by atoms with van der Waals surface area (Å²) in [5.74, 6) is 1.04. The molecule has 94 valence electrons. The van der Waals surface area contributed by atoms with Gasteiger partial charge in [-0.3, -0.25) is 0 Å². The molecule has 0 aromatic heterocycles. The lowest BCUT2D eigenvalue weighted by Crippen LogP contribution is -2.28. The van der Waals surface area contributed by atoms with E-state index in [1.807, 2.05) is 0 Å². The van der Waals surface area contributed by atoms with Crippen LogP contribution in [0.4, 0.5) is 0 Å². The van der Waals surface area contributed by atoms with Crippen LogP contribution >= 0.6 is 0 Å². The van der Waals surface area contributed by atoms with E-state index in [4.69, 9.17) is 9.84 Å². The number of aliphatic hydroxyl groups is 1. The molecule has 0 saturated heterocycles. The lowest BCUT2D eigenvalue weighted by atomic mass is 10.1. The molecule has 0 bridgehead atoms. The molecule has 1 unspecified atom stereocenters. The highest BCUT2D eigenvalue weighted by Crippen LogP contribution is 2.25. The van der Waals surface area contributed by atoms with Gasteiger partial charge in [-0.25, -0.2) is 0 Å². The zero-order chi connectivity index (χ0) is 12.1. The Morgan fingerprint density at radius 2 is 2.35 bits per heavy atom. The van der Waals surface area contributed by atoms with E-state index in [2.05, 4.69) is 30.4 Å². The van der Waals surface area contributed by atoms with E-state index in [-0.39, 0.29) is 6.61 Å². The van der Waals surface area contributed by atoms with Crippen molar-refractivity contribution >= 4 is 0 Å². The van der Waals surface area contributed by atoms with Gasteiger partial charge in [-0.1, -0.05) is 19.1 Å². The maximum Gasteiger partial charge on any atom is 0.122 e. The van der Waals surface area contributed by atoms with E-state index in [9.17, 15) is 0 Å². The highest BCUT2D eigenvalue weighted by molar-refractivity contribution is 5.39. The zero-order valence-corrected chi connectivity index (χ0v) is 10.4. The predicted octanol–water partition coefficient (Wildman–Crippen LogP) is 1.87. The highest BCUT2D eigenvalue weighted by Gasteiger charge is 2.12. The first kappa shape index (κ1) is 12.4. The normalized spacial score (nSPS) is 15.4. The van der Waals surface area contributed by atoms with Crippen molar-refractivity contribution in [1.82, 2.24) is 5.32 Å². The van der Waals surface area contributed by atoms with Crippen molar-refractivity contribution in [2.75, 3.05) is 13.2 Å². The molecule has 3 nitrogen and oxygen atoms in total. The van der Waals surface area contributed by atoms with Crippen LogP contribution in [-0.2, 0) is 13.0 Å². The van der Waals surface area contributed by atoms with Gasteiger partial charge in [-0.2, -0.15) is 0 Å². The number of benzene rings is 1. The van der Waals surface area contributed by atoms with Crippen LogP contribution in [0.15, 0.2) is 18.2 Å². The molecule has 1 aromatic carbocycles. The minimum absolute atomic E-state index is 0.254. The second kappa shape index (κ2) is 6.03. The van der Waals surface area contributed by atoms with Gasteiger partial charge in [-0.15, -0.1) is 0 Å². The van der Waals surface area contributed by atoms with Gasteiger partial charge in [0.2, 0.25) is 0 Å². The Kier molecular flexibility index (Phi) is 4.40. The van der Waals surface area contributed by atoms with E-state index < -0.39 is 0 Å². The van der Waals surface area contributed by atoms with Crippen LogP contribution in [0.5, 0.6) is 5.75 Å². The topological polar surface area (TPSA) is 41.5 Å². The molecule has 1 aromatic rings. The Morgan fingerprint density at radius 3 is 3.12 bits per heavy atom. The Morgan fingerprint density at radius 1 is 1.47 bits per heavy atom. The van der Waals surface area contributed by atoms with Crippen LogP contribution in [0.1, 0.15) is 30.9 Å². The van der Waals surface area contributed by atoms with Crippen LogP contribution in [0.3, 0.4) is 0 Å². The summed E-state index contributed by atoms with van der Waals surface area (Å²) in [4.78, 5) is 0. The molecular weight excluding hydrogens is 214 g/mol. The minimum Gasteiger partial charge on any atom is -0.493 e. The largest absolute Gasteiger partial charge is 0.493 e. The monoisotopic (exact) mass is 235 g/mol. The summed E-state index contributed by atoms with van der Waals surface area (Å²) in [5.41, 5.74) is 2.62. The van der Waals surface area contributed by atoms with E-state index in [1.54, 1.807) is 0 Å². The Labute approximate surface area is 103 Å². The molecule has 2 N–H and O–H groups in total. The molecule has 0 fully saturated rings. The maximum atomic E-state index is 8.94. The minimum atomic E-state index is 0.254. The standard InChI is InChI=1S/C14H21NO2/c1-2-13(5-7-16)15-10-11-3-4-14-12(9-11)6-8-17-14/h3-4,9,13,15-16H,2,5-8,10H2,1H3. The van der Waals surface area contributed by atoms with E-state index >= 15 is 0 Å². The molecule has 0 amide bonds. The van der Waals surface area contributed by atoms with Gasteiger partial charge in [0.1, 0.15) is 5.75 Å². The molecule has 3 heteroatoms. The summed E-state index contributed by atoms with van der Waals surface area (Å²) >= 11 is 0. The SMILES string of the molecule is CCC(CCO)NCc1ccc2c(c1)CCO2. The van der Waals surface area contributed by atoms with Crippen molar-refractivity contribution in [3.8, 4) is 5.75 Å². The number of hydrogen-bond acceptors (Lipinski definition) is 3. The highest BCUT2D eigenvalue weighted by atomic mass is 16.5. The Bertz CT molecular complexity index is 365. The second-order valence-electron chi connectivity index (χ2n) is 4.54. The van der Waals surface area contributed by atoms with Crippen LogP contribution in [0.25, 0.3) is 0 Å². The van der Waals surface area contributed by atoms with Crippen molar-refractivity contribution in [2.24, 2.45) is 0 Å². The number of rotatable bonds is 6. The van der Waals surface area contributed by atoms with Crippen LogP contribution in [-0.4, -0.2) is 24.4 Å². The molecule has 0 radical (unpaired) electrons. The van der Waals surface area contributed by atoms with Crippen LogP contribution in [0, 0.1) is 0 Å². The average Bonchev–Trinajstić information content (AvgIpc) is 2.81. The third-order valence-electron chi connectivity index (χ3n) is 3.32. The van der Waals surface area contributed by atoms with Crippen molar-refractivity contribution in [2.45, 2.75) is 38.8 Å². The smallest absolute Gasteiger partial charge is 0.122 e. The molecule has 1 heterocycles. The third kappa shape index (κ3) is 3.20. The number of aliphatic hydroxyl groups excluding tert-OH is 1. The van der Waals surface area contributed by atoms with Gasteiger partial charge >= 0.3 is 0 Å². The Balaban J connectivity index is 1.90. The summed E-state index contributed by atoms with van der Waals surface area (Å²) in [6, 6.07) is 6.81. The van der Waals surface area contributed by atoms with Crippen LogP contribution < -0.4 is 10.1 Å². The molecule has 17 heavy (non-hydrogen) atoms. The van der Waals surface area contributed by atoms with Crippen molar-refractivity contribution in [3.63, 3.8) is 0 Å². The van der Waals surface area contributed by atoms with Gasteiger partial charge < -0.3 is 15.2 Å². The van der Waals surface area contributed by atoms with E-state index in [1.165, 1.54) is 11.1 Å². The molecule has 0 aliphatic carbocycles. The second-order valence-corrected chi connectivity index (χ2v) is 4.54. The average molecular weight is 235 g/mol. The quantitative estimate of drug-likeness (QED) is 0.791. The van der Waals surface area contributed by atoms with Gasteiger partial charge in [0.25, 0.3) is 0 Å². The third-order valence-corrected chi connectivity index (χ3v) is 3.32. The summed E-state index contributed by atoms with van der Waals surface area (Å²) in [6.45, 7) is 4.08.